The molecule has 2 rings (SSSR count). The second-order valence-electron chi connectivity index (χ2n) is 6.77. The first-order valence-corrected chi connectivity index (χ1v) is 11.8. The van der Waals surface area contributed by atoms with Gasteiger partial charge in [0.1, 0.15) is 5.75 Å². The lowest BCUT2D eigenvalue weighted by atomic mass is 10.0. The normalized spacial score (nSPS) is 12.6. The summed E-state index contributed by atoms with van der Waals surface area (Å²) < 4.78 is 32.4. The van der Waals surface area contributed by atoms with E-state index in [4.69, 9.17) is 16.3 Å². The topological polar surface area (TPSA) is 66.9 Å². The number of halogens is 1. The van der Waals surface area contributed by atoms with Crippen LogP contribution in [-0.2, 0) is 10.0 Å². The molecule has 0 aromatic heterocycles. The molecule has 0 aliphatic carbocycles. The average molecular weight is 453 g/mol. The highest BCUT2D eigenvalue weighted by Gasteiger charge is 2.27. The molecule has 1 atom stereocenters. The minimum atomic E-state index is -3.70. The van der Waals surface area contributed by atoms with E-state index in [1.807, 2.05) is 38.1 Å². The molecule has 0 aliphatic heterocycles. The molecule has 1 amide bonds. The first-order valence-electron chi connectivity index (χ1n) is 9.95. The summed E-state index contributed by atoms with van der Waals surface area (Å²) in [6.07, 6.45) is 0. The number of amides is 1. The van der Waals surface area contributed by atoms with Gasteiger partial charge in [-0.2, -0.15) is 4.31 Å². The van der Waals surface area contributed by atoms with Crippen molar-refractivity contribution in [3.63, 3.8) is 0 Å². The monoisotopic (exact) mass is 452 g/mol. The lowest BCUT2D eigenvalue weighted by Crippen LogP contribution is -2.34. The van der Waals surface area contributed by atoms with Crippen LogP contribution in [0.4, 0.5) is 0 Å². The first-order chi connectivity index (χ1) is 14.2. The van der Waals surface area contributed by atoms with Gasteiger partial charge in [0.2, 0.25) is 10.0 Å². The Morgan fingerprint density at radius 3 is 2.30 bits per heavy atom. The summed E-state index contributed by atoms with van der Waals surface area (Å²) >= 11 is 6.31. The molecule has 30 heavy (non-hydrogen) atoms. The van der Waals surface area contributed by atoms with Crippen LogP contribution >= 0.6 is 11.6 Å². The third kappa shape index (κ3) is 4.96. The SMILES string of the molecule is CCN(C(=O)c1cc(S(=O)(=O)N(CC)CC)ccc1Cl)C(C)c1cccc(OC)c1. The van der Waals surface area contributed by atoms with Crippen molar-refractivity contribution in [1.29, 1.82) is 0 Å². The summed E-state index contributed by atoms with van der Waals surface area (Å²) in [5.74, 6) is 0.377. The lowest BCUT2D eigenvalue weighted by molar-refractivity contribution is 0.0702. The highest BCUT2D eigenvalue weighted by molar-refractivity contribution is 7.89. The van der Waals surface area contributed by atoms with E-state index in [-0.39, 0.29) is 27.4 Å². The number of hydrogen-bond acceptors (Lipinski definition) is 4. The molecule has 0 N–H and O–H groups in total. The quantitative estimate of drug-likeness (QED) is 0.557. The summed E-state index contributed by atoms with van der Waals surface area (Å²) in [7, 11) is -2.11. The number of ether oxygens (including phenoxy) is 1. The predicted octanol–water partition coefficient (Wildman–Crippen LogP) is 4.60. The van der Waals surface area contributed by atoms with E-state index in [1.54, 1.807) is 25.9 Å². The molecule has 0 saturated heterocycles. The highest BCUT2D eigenvalue weighted by Crippen LogP contribution is 2.29. The molecule has 0 bridgehead atoms. The second kappa shape index (κ2) is 10.3. The minimum absolute atomic E-state index is 0.0593. The molecule has 0 heterocycles. The number of carbonyl (C=O) groups is 1. The number of carbonyl (C=O) groups excluding carboxylic acids is 1. The van der Waals surface area contributed by atoms with Crippen molar-refractivity contribution in [2.75, 3.05) is 26.7 Å². The van der Waals surface area contributed by atoms with Crippen LogP contribution < -0.4 is 4.74 Å². The van der Waals surface area contributed by atoms with Crippen molar-refractivity contribution in [3.05, 3.63) is 58.6 Å². The van der Waals surface area contributed by atoms with E-state index in [1.165, 1.54) is 22.5 Å². The molecular weight excluding hydrogens is 424 g/mol. The van der Waals surface area contributed by atoms with E-state index in [0.717, 1.165) is 5.56 Å². The molecule has 0 fully saturated rings. The van der Waals surface area contributed by atoms with Gasteiger partial charge in [-0.25, -0.2) is 8.42 Å². The maximum atomic E-state index is 13.4. The molecule has 164 valence electrons. The van der Waals surface area contributed by atoms with Gasteiger partial charge in [-0.15, -0.1) is 0 Å². The molecule has 0 saturated carbocycles. The molecule has 0 spiro atoms. The summed E-state index contributed by atoms with van der Waals surface area (Å²) in [6, 6.07) is 11.5. The fourth-order valence-corrected chi connectivity index (χ4v) is 5.05. The van der Waals surface area contributed by atoms with Crippen LogP contribution in [0.2, 0.25) is 5.02 Å². The number of nitrogens with zero attached hydrogens (tertiary/aromatic N) is 2. The van der Waals surface area contributed by atoms with Crippen LogP contribution in [0.15, 0.2) is 47.4 Å². The third-order valence-electron chi connectivity index (χ3n) is 5.16. The average Bonchev–Trinajstić information content (AvgIpc) is 2.74. The molecule has 2 aromatic carbocycles. The Balaban J connectivity index is 2.45. The van der Waals surface area contributed by atoms with Crippen molar-refractivity contribution in [2.24, 2.45) is 0 Å². The Bertz CT molecular complexity index is 990. The number of sulfonamides is 1. The minimum Gasteiger partial charge on any atom is -0.497 e. The second-order valence-corrected chi connectivity index (χ2v) is 9.12. The van der Waals surface area contributed by atoms with Crippen molar-refractivity contribution < 1.29 is 17.9 Å². The number of methoxy groups -OCH3 is 1. The highest BCUT2D eigenvalue weighted by atomic mass is 35.5. The smallest absolute Gasteiger partial charge is 0.255 e. The van der Waals surface area contributed by atoms with Crippen molar-refractivity contribution in [1.82, 2.24) is 9.21 Å². The van der Waals surface area contributed by atoms with Crippen LogP contribution in [0.5, 0.6) is 5.75 Å². The Hall–Kier alpha value is -2.09. The zero-order valence-corrected chi connectivity index (χ0v) is 19.6. The molecule has 8 heteroatoms. The maximum absolute atomic E-state index is 13.4. The van der Waals surface area contributed by atoms with Gasteiger partial charge in [-0.3, -0.25) is 4.79 Å². The molecule has 6 nitrogen and oxygen atoms in total. The lowest BCUT2D eigenvalue weighted by Gasteiger charge is -2.29. The molecule has 0 radical (unpaired) electrons. The Kier molecular flexibility index (Phi) is 8.29. The molecular formula is C22H29ClN2O4S. The van der Waals surface area contributed by atoms with Gasteiger partial charge in [0.15, 0.2) is 0 Å². The fraction of sp³-hybridized carbons (Fsp3) is 0.409. The zero-order chi connectivity index (χ0) is 22.5. The van der Waals surface area contributed by atoms with Gasteiger partial charge in [0.05, 0.1) is 28.6 Å². The van der Waals surface area contributed by atoms with E-state index in [9.17, 15) is 13.2 Å². The molecule has 1 unspecified atom stereocenters. The third-order valence-corrected chi connectivity index (χ3v) is 7.53. The van der Waals surface area contributed by atoms with Crippen LogP contribution in [0.25, 0.3) is 0 Å². The number of benzene rings is 2. The van der Waals surface area contributed by atoms with E-state index < -0.39 is 10.0 Å². The van der Waals surface area contributed by atoms with Gasteiger partial charge in [-0.05, 0) is 49.7 Å². The largest absolute Gasteiger partial charge is 0.497 e. The summed E-state index contributed by atoms with van der Waals surface area (Å²) in [6.45, 7) is 8.47. The van der Waals surface area contributed by atoms with Crippen LogP contribution in [0, 0.1) is 0 Å². The van der Waals surface area contributed by atoms with Crippen molar-refractivity contribution in [3.8, 4) is 5.75 Å². The van der Waals surface area contributed by atoms with E-state index in [2.05, 4.69) is 0 Å². The van der Waals surface area contributed by atoms with Gasteiger partial charge in [0.25, 0.3) is 5.91 Å². The zero-order valence-electron chi connectivity index (χ0n) is 18.1. The fourth-order valence-electron chi connectivity index (χ4n) is 3.37. The summed E-state index contributed by atoms with van der Waals surface area (Å²) in [5, 5.41) is 0.217. The van der Waals surface area contributed by atoms with Crippen molar-refractivity contribution in [2.45, 2.75) is 38.6 Å². The maximum Gasteiger partial charge on any atom is 0.255 e. The van der Waals surface area contributed by atoms with Gasteiger partial charge in [-0.1, -0.05) is 37.6 Å². The number of rotatable bonds is 9. The van der Waals surface area contributed by atoms with Crippen LogP contribution in [-0.4, -0.2) is 50.3 Å². The van der Waals surface area contributed by atoms with Gasteiger partial charge < -0.3 is 9.64 Å². The standard InChI is InChI=1S/C22H29ClN2O4S/c1-6-24(7-2)30(27,28)19-12-13-21(23)20(15-19)22(26)25(8-3)16(4)17-10-9-11-18(14-17)29-5/h9-16H,6-8H2,1-5H3. The molecule has 2 aromatic rings. The molecule has 0 aliphatic rings. The Morgan fingerprint density at radius 2 is 1.73 bits per heavy atom. The predicted molar refractivity (Wildman–Crippen MR) is 120 cm³/mol. The van der Waals surface area contributed by atoms with Gasteiger partial charge in [0, 0.05) is 19.6 Å². The van der Waals surface area contributed by atoms with Crippen LogP contribution in [0.3, 0.4) is 0 Å². The summed E-state index contributed by atoms with van der Waals surface area (Å²) in [5.41, 5.74) is 1.08. The number of hydrogen-bond donors (Lipinski definition) is 0. The first kappa shape index (κ1) is 24.2. The van der Waals surface area contributed by atoms with Crippen molar-refractivity contribution >= 4 is 27.5 Å². The Labute approximate surface area is 184 Å². The van der Waals surface area contributed by atoms with Crippen LogP contribution in [0.1, 0.15) is 49.7 Å². The van der Waals surface area contributed by atoms with E-state index in [0.29, 0.717) is 25.4 Å². The van der Waals surface area contributed by atoms with E-state index >= 15 is 0 Å². The Morgan fingerprint density at radius 1 is 1.07 bits per heavy atom. The van der Waals surface area contributed by atoms with Gasteiger partial charge >= 0.3 is 0 Å². The summed E-state index contributed by atoms with van der Waals surface area (Å²) in [4.78, 5) is 15.1.